The molecule has 6 nitrogen and oxygen atoms in total. The summed E-state index contributed by atoms with van der Waals surface area (Å²) in [6, 6.07) is 0. The van der Waals surface area contributed by atoms with Crippen LogP contribution >= 0.6 is 0 Å². The second-order valence-electron chi connectivity index (χ2n) is 6.74. The lowest BCUT2D eigenvalue weighted by molar-refractivity contribution is -0.250. The fourth-order valence-electron chi connectivity index (χ4n) is 3.56. The molecule has 1 rings (SSSR count). The first kappa shape index (κ1) is 22.1. The van der Waals surface area contributed by atoms with E-state index in [9.17, 15) is 28.2 Å². The first-order valence-corrected chi connectivity index (χ1v) is 8.52. The summed E-state index contributed by atoms with van der Waals surface area (Å²) in [6.07, 6.45) is -4.26. The van der Waals surface area contributed by atoms with Crippen LogP contribution in [0.25, 0.3) is 0 Å². The van der Waals surface area contributed by atoms with Crippen molar-refractivity contribution >= 4 is 5.97 Å². The van der Waals surface area contributed by atoms with Gasteiger partial charge in [0.05, 0.1) is 18.6 Å². The van der Waals surface area contributed by atoms with Gasteiger partial charge in [0.15, 0.2) is 6.10 Å². The molecule has 0 aromatic heterocycles. The van der Waals surface area contributed by atoms with Crippen molar-refractivity contribution in [3.63, 3.8) is 0 Å². The molecule has 0 aromatic rings. The fourth-order valence-corrected chi connectivity index (χ4v) is 3.56. The van der Waals surface area contributed by atoms with Crippen molar-refractivity contribution in [1.29, 1.82) is 0 Å². The SMILES string of the molecule is CC(CCC1CCCC(C(C(=O)O)C(O)C(F)(F)F)C1)OCCOO. The summed E-state index contributed by atoms with van der Waals surface area (Å²) in [5.74, 6) is -4.00. The second-order valence-corrected chi connectivity index (χ2v) is 6.74. The molecule has 3 N–H and O–H groups in total. The van der Waals surface area contributed by atoms with Crippen LogP contribution in [0.2, 0.25) is 0 Å². The van der Waals surface area contributed by atoms with Gasteiger partial charge in [-0.25, -0.2) is 4.89 Å². The van der Waals surface area contributed by atoms with E-state index in [2.05, 4.69) is 4.89 Å². The molecule has 5 atom stereocenters. The van der Waals surface area contributed by atoms with Crippen molar-refractivity contribution in [3.05, 3.63) is 0 Å². The Hall–Kier alpha value is -0.900. The molecule has 0 heterocycles. The summed E-state index contributed by atoms with van der Waals surface area (Å²) in [4.78, 5) is 15.2. The number of rotatable bonds is 10. The third-order valence-corrected chi connectivity index (χ3v) is 4.85. The molecule has 5 unspecified atom stereocenters. The minimum absolute atomic E-state index is 0.0610. The molecule has 0 aliphatic heterocycles. The molecule has 25 heavy (non-hydrogen) atoms. The van der Waals surface area contributed by atoms with Crippen LogP contribution in [0, 0.1) is 17.8 Å². The number of carbonyl (C=O) groups is 1. The summed E-state index contributed by atoms with van der Waals surface area (Å²) in [5, 5.41) is 26.8. The lowest BCUT2D eigenvalue weighted by Gasteiger charge is -2.35. The van der Waals surface area contributed by atoms with E-state index in [1.165, 1.54) is 0 Å². The highest BCUT2D eigenvalue weighted by Crippen LogP contribution is 2.40. The van der Waals surface area contributed by atoms with Crippen molar-refractivity contribution in [2.45, 2.75) is 63.8 Å². The van der Waals surface area contributed by atoms with Gasteiger partial charge in [-0.15, -0.1) is 0 Å². The standard InChI is InChI=1S/C16H27F3O6/c1-10(24-7-8-25-23)5-6-11-3-2-4-12(9-11)13(15(21)22)14(20)16(17,18)19/h10-14,20,23H,2-9H2,1H3,(H,21,22). The molecule has 1 aliphatic rings. The molecule has 1 fully saturated rings. The summed E-state index contributed by atoms with van der Waals surface area (Å²) >= 11 is 0. The number of halogens is 3. The van der Waals surface area contributed by atoms with Crippen molar-refractivity contribution in [1.82, 2.24) is 0 Å². The minimum atomic E-state index is -4.94. The zero-order valence-corrected chi connectivity index (χ0v) is 14.2. The Bertz CT molecular complexity index is 404. The first-order chi connectivity index (χ1) is 11.7. The molecule has 1 saturated carbocycles. The minimum Gasteiger partial charge on any atom is -0.481 e. The number of aliphatic carboxylic acids is 1. The van der Waals surface area contributed by atoms with Crippen molar-refractivity contribution in [3.8, 4) is 0 Å². The van der Waals surface area contributed by atoms with Gasteiger partial charge in [0.2, 0.25) is 0 Å². The Morgan fingerprint density at radius 2 is 1.96 bits per heavy atom. The van der Waals surface area contributed by atoms with Crippen LogP contribution in [0.5, 0.6) is 0 Å². The van der Waals surface area contributed by atoms with Crippen molar-refractivity contribution in [2.24, 2.45) is 17.8 Å². The zero-order valence-electron chi connectivity index (χ0n) is 14.2. The highest BCUT2D eigenvalue weighted by molar-refractivity contribution is 5.71. The number of alkyl halides is 3. The van der Waals surface area contributed by atoms with Crippen molar-refractivity contribution in [2.75, 3.05) is 13.2 Å². The highest BCUT2D eigenvalue weighted by atomic mass is 19.4. The molecular weight excluding hydrogens is 345 g/mol. The Morgan fingerprint density at radius 1 is 1.28 bits per heavy atom. The highest BCUT2D eigenvalue weighted by Gasteiger charge is 2.50. The topological polar surface area (TPSA) is 96.2 Å². The number of aliphatic hydroxyl groups is 1. The molecule has 0 bridgehead atoms. The molecule has 1 aliphatic carbocycles. The van der Waals surface area contributed by atoms with Gasteiger partial charge in [0, 0.05) is 0 Å². The normalized spacial score (nSPS) is 25.4. The Kier molecular flexibility index (Phi) is 9.12. The monoisotopic (exact) mass is 372 g/mol. The molecule has 0 radical (unpaired) electrons. The maximum atomic E-state index is 12.8. The van der Waals surface area contributed by atoms with E-state index in [-0.39, 0.29) is 25.2 Å². The number of carboxylic acid groups (broad SMARTS) is 1. The lowest BCUT2D eigenvalue weighted by atomic mass is 9.72. The van der Waals surface area contributed by atoms with Crippen LogP contribution in [0.3, 0.4) is 0 Å². The predicted molar refractivity (Wildman–Crippen MR) is 81.9 cm³/mol. The molecular formula is C16H27F3O6. The molecule has 0 spiro atoms. The third kappa shape index (κ3) is 7.47. The summed E-state index contributed by atoms with van der Waals surface area (Å²) in [6.45, 7) is 2.15. The maximum Gasteiger partial charge on any atom is 0.415 e. The maximum absolute atomic E-state index is 12.8. The molecule has 0 saturated heterocycles. The van der Waals surface area contributed by atoms with Crippen LogP contribution in [0.1, 0.15) is 45.4 Å². The summed E-state index contributed by atoms with van der Waals surface area (Å²) in [7, 11) is 0. The molecule has 0 aromatic carbocycles. The van der Waals surface area contributed by atoms with Crippen LogP contribution in [0.4, 0.5) is 13.2 Å². The number of ether oxygens (including phenoxy) is 1. The van der Waals surface area contributed by atoms with Gasteiger partial charge >= 0.3 is 12.1 Å². The Labute approximate surface area is 144 Å². The molecule has 148 valence electrons. The zero-order chi connectivity index (χ0) is 19.0. The third-order valence-electron chi connectivity index (χ3n) is 4.85. The van der Waals surface area contributed by atoms with Crippen LogP contribution in [0.15, 0.2) is 0 Å². The van der Waals surface area contributed by atoms with Gasteiger partial charge in [-0.2, -0.15) is 13.2 Å². The van der Waals surface area contributed by atoms with Gasteiger partial charge in [0.25, 0.3) is 0 Å². The molecule has 0 amide bonds. The number of carboxylic acids is 1. The van der Waals surface area contributed by atoms with Crippen LogP contribution in [-0.4, -0.2) is 53.0 Å². The van der Waals surface area contributed by atoms with E-state index in [0.717, 1.165) is 6.42 Å². The average Bonchev–Trinajstić information content (AvgIpc) is 2.52. The van der Waals surface area contributed by atoms with Crippen LogP contribution < -0.4 is 0 Å². The van der Waals surface area contributed by atoms with E-state index in [1.807, 2.05) is 6.92 Å². The van der Waals surface area contributed by atoms with Gasteiger partial charge in [-0.05, 0) is 44.4 Å². The summed E-state index contributed by atoms with van der Waals surface area (Å²) < 4.78 is 43.7. The van der Waals surface area contributed by atoms with Crippen molar-refractivity contribution < 1.29 is 43.1 Å². The van der Waals surface area contributed by atoms with E-state index in [1.54, 1.807) is 0 Å². The quantitative estimate of drug-likeness (QED) is 0.310. The Balaban J connectivity index is 2.55. The molecule has 9 heteroatoms. The fraction of sp³-hybridized carbons (Fsp3) is 0.938. The van der Waals surface area contributed by atoms with Gasteiger partial charge < -0.3 is 14.9 Å². The number of hydrogen-bond donors (Lipinski definition) is 3. The smallest absolute Gasteiger partial charge is 0.415 e. The van der Waals surface area contributed by atoms with E-state index >= 15 is 0 Å². The van der Waals surface area contributed by atoms with Crippen LogP contribution in [-0.2, 0) is 14.4 Å². The van der Waals surface area contributed by atoms with Gasteiger partial charge in [-0.1, -0.05) is 12.8 Å². The predicted octanol–water partition coefficient (Wildman–Crippen LogP) is 3.09. The summed E-state index contributed by atoms with van der Waals surface area (Å²) in [5.41, 5.74) is 0. The van der Waals surface area contributed by atoms with E-state index in [4.69, 9.17) is 9.99 Å². The van der Waals surface area contributed by atoms with E-state index < -0.39 is 30.1 Å². The second kappa shape index (κ2) is 10.3. The average molecular weight is 372 g/mol. The number of hydrogen-bond acceptors (Lipinski definition) is 5. The number of aliphatic hydroxyl groups excluding tert-OH is 1. The van der Waals surface area contributed by atoms with Gasteiger partial charge in [-0.3, -0.25) is 10.1 Å². The largest absolute Gasteiger partial charge is 0.481 e. The lowest BCUT2D eigenvalue weighted by Crippen LogP contribution is -2.45. The van der Waals surface area contributed by atoms with Gasteiger partial charge in [0.1, 0.15) is 6.61 Å². The Morgan fingerprint density at radius 3 is 2.52 bits per heavy atom. The van der Waals surface area contributed by atoms with E-state index in [0.29, 0.717) is 32.1 Å². The first-order valence-electron chi connectivity index (χ1n) is 8.52.